The van der Waals surface area contributed by atoms with Crippen molar-refractivity contribution < 1.29 is 19.4 Å². The Kier molecular flexibility index (Phi) is 6.54. The summed E-state index contributed by atoms with van der Waals surface area (Å²) in [6.07, 6.45) is 3.95. The maximum atomic E-state index is 12.6. The van der Waals surface area contributed by atoms with E-state index in [4.69, 9.17) is 9.47 Å². The van der Waals surface area contributed by atoms with E-state index < -0.39 is 0 Å². The molecule has 1 aliphatic heterocycles. The molecule has 1 saturated heterocycles. The number of aliphatic hydroxyl groups excluding tert-OH is 1. The van der Waals surface area contributed by atoms with E-state index in [1.54, 1.807) is 36.3 Å². The zero-order valence-corrected chi connectivity index (χ0v) is 15.6. The smallest absolute Gasteiger partial charge is 0.322 e. The monoisotopic (exact) mass is 370 g/mol. The fourth-order valence-corrected chi connectivity index (χ4v) is 3.24. The first-order chi connectivity index (χ1) is 13.2. The molecule has 3 rings (SSSR count). The first kappa shape index (κ1) is 19.0. The summed E-state index contributed by atoms with van der Waals surface area (Å²) >= 11 is 0. The van der Waals surface area contributed by atoms with E-state index in [1.165, 1.54) is 0 Å². The molecule has 144 valence electrons. The summed E-state index contributed by atoms with van der Waals surface area (Å²) < 4.78 is 11.0. The van der Waals surface area contributed by atoms with Crippen molar-refractivity contribution in [3.63, 3.8) is 0 Å². The predicted molar refractivity (Wildman–Crippen MR) is 105 cm³/mol. The van der Waals surface area contributed by atoms with Crippen LogP contribution in [0.15, 0.2) is 48.5 Å². The highest BCUT2D eigenvalue weighted by Crippen LogP contribution is 2.26. The number of aliphatic hydroxyl groups is 1. The molecule has 0 aliphatic carbocycles. The number of benzene rings is 2. The SMILES string of the molecule is COc1cccc(Oc2ccc(NC(=O)N3CCCCCC3CO)cc2)c1. The molecule has 1 fully saturated rings. The molecule has 2 aromatic rings. The fraction of sp³-hybridized carbons (Fsp3) is 0.381. The molecule has 27 heavy (non-hydrogen) atoms. The van der Waals surface area contributed by atoms with E-state index in [0.29, 0.717) is 23.7 Å². The van der Waals surface area contributed by atoms with Gasteiger partial charge in [0.05, 0.1) is 19.8 Å². The fourth-order valence-electron chi connectivity index (χ4n) is 3.24. The van der Waals surface area contributed by atoms with Gasteiger partial charge in [-0.2, -0.15) is 0 Å². The van der Waals surface area contributed by atoms with Crippen molar-refractivity contribution in [1.82, 2.24) is 4.90 Å². The molecule has 0 spiro atoms. The van der Waals surface area contributed by atoms with E-state index in [0.717, 1.165) is 31.4 Å². The number of urea groups is 1. The molecule has 1 heterocycles. The number of anilines is 1. The first-order valence-corrected chi connectivity index (χ1v) is 9.30. The lowest BCUT2D eigenvalue weighted by Gasteiger charge is -2.28. The van der Waals surface area contributed by atoms with Gasteiger partial charge in [0.25, 0.3) is 0 Å². The number of ether oxygens (including phenoxy) is 2. The van der Waals surface area contributed by atoms with Gasteiger partial charge in [0.2, 0.25) is 0 Å². The van der Waals surface area contributed by atoms with Crippen molar-refractivity contribution >= 4 is 11.7 Å². The molecular weight excluding hydrogens is 344 g/mol. The summed E-state index contributed by atoms with van der Waals surface area (Å²) in [5.74, 6) is 2.08. The minimum atomic E-state index is -0.169. The van der Waals surface area contributed by atoms with E-state index in [9.17, 15) is 9.90 Å². The second-order valence-electron chi connectivity index (χ2n) is 6.61. The third-order valence-corrected chi connectivity index (χ3v) is 4.73. The minimum absolute atomic E-state index is 0.000730. The molecule has 1 aliphatic rings. The molecule has 6 heteroatoms. The lowest BCUT2D eigenvalue weighted by atomic mass is 10.1. The standard InChI is InChI=1S/C21H26N2O4/c1-26-19-7-5-8-20(14-19)27-18-11-9-16(10-12-18)22-21(25)23-13-4-2-3-6-17(23)15-24/h5,7-12,14,17,24H,2-4,6,13,15H2,1H3,(H,22,25). The lowest BCUT2D eigenvalue weighted by Crippen LogP contribution is -2.44. The number of rotatable bonds is 5. The highest BCUT2D eigenvalue weighted by molar-refractivity contribution is 5.89. The quantitative estimate of drug-likeness (QED) is 0.825. The van der Waals surface area contributed by atoms with Gasteiger partial charge in [0, 0.05) is 18.3 Å². The summed E-state index contributed by atoms with van der Waals surface area (Å²) in [5, 5.41) is 12.5. The van der Waals surface area contributed by atoms with E-state index >= 15 is 0 Å². The second-order valence-corrected chi connectivity index (χ2v) is 6.61. The van der Waals surface area contributed by atoms with Crippen molar-refractivity contribution in [2.45, 2.75) is 31.7 Å². The van der Waals surface area contributed by atoms with Crippen molar-refractivity contribution in [3.8, 4) is 17.2 Å². The van der Waals surface area contributed by atoms with Gasteiger partial charge in [0.1, 0.15) is 17.2 Å². The van der Waals surface area contributed by atoms with Gasteiger partial charge in [-0.3, -0.25) is 0 Å². The highest BCUT2D eigenvalue weighted by atomic mass is 16.5. The Morgan fingerprint density at radius 3 is 2.63 bits per heavy atom. The number of nitrogens with one attached hydrogen (secondary N) is 1. The Bertz CT molecular complexity index is 748. The normalized spacial score (nSPS) is 17.1. The van der Waals surface area contributed by atoms with Gasteiger partial charge in [-0.25, -0.2) is 4.79 Å². The molecule has 0 radical (unpaired) electrons. The van der Waals surface area contributed by atoms with Gasteiger partial charge in [-0.15, -0.1) is 0 Å². The second kappa shape index (κ2) is 9.28. The molecule has 0 aromatic heterocycles. The Hall–Kier alpha value is -2.73. The summed E-state index contributed by atoms with van der Waals surface area (Å²) in [6.45, 7) is 0.675. The zero-order chi connectivity index (χ0) is 19.1. The molecule has 6 nitrogen and oxygen atoms in total. The molecule has 2 N–H and O–H groups in total. The van der Waals surface area contributed by atoms with Gasteiger partial charge in [-0.1, -0.05) is 18.9 Å². The zero-order valence-electron chi connectivity index (χ0n) is 15.6. The Morgan fingerprint density at radius 2 is 1.89 bits per heavy atom. The average molecular weight is 370 g/mol. The Labute approximate surface area is 159 Å². The van der Waals surface area contributed by atoms with Crippen LogP contribution in [-0.2, 0) is 0 Å². The topological polar surface area (TPSA) is 71.0 Å². The molecule has 2 amide bonds. The summed E-state index contributed by atoms with van der Waals surface area (Å²) in [6, 6.07) is 14.3. The van der Waals surface area contributed by atoms with Crippen LogP contribution in [0, 0.1) is 0 Å². The third-order valence-electron chi connectivity index (χ3n) is 4.73. The van der Waals surface area contributed by atoms with Crippen molar-refractivity contribution in [1.29, 1.82) is 0 Å². The number of amides is 2. The van der Waals surface area contributed by atoms with E-state index in [2.05, 4.69) is 5.32 Å². The van der Waals surface area contributed by atoms with Crippen LogP contribution < -0.4 is 14.8 Å². The van der Waals surface area contributed by atoms with E-state index in [-0.39, 0.29) is 18.7 Å². The number of carbonyl (C=O) groups excluding carboxylic acids is 1. The van der Waals surface area contributed by atoms with Crippen LogP contribution in [0.2, 0.25) is 0 Å². The number of likely N-dealkylation sites (tertiary alicyclic amines) is 1. The molecule has 0 saturated carbocycles. The number of nitrogens with zero attached hydrogens (tertiary/aromatic N) is 1. The summed E-state index contributed by atoms with van der Waals surface area (Å²) in [5.41, 5.74) is 0.693. The van der Waals surface area contributed by atoms with Gasteiger partial charge < -0.3 is 24.8 Å². The van der Waals surface area contributed by atoms with Gasteiger partial charge in [-0.05, 0) is 49.2 Å². The maximum Gasteiger partial charge on any atom is 0.322 e. The Balaban J connectivity index is 1.62. The van der Waals surface area contributed by atoms with Crippen LogP contribution >= 0.6 is 0 Å². The van der Waals surface area contributed by atoms with Crippen LogP contribution in [0.4, 0.5) is 10.5 Å². The number of methoxy groups -OCH3 is 1. The summed E-state index contributed by atoms with van der Waals surface area (Å²) in [7, 11) is 1.61. The minimum Gasteiger partial charge on any atom is -0.497 e. The van der Waals surface area contributed by atoms with Crippen molar-refractivity contribution in [3.05, 3.63) is 48.5 Å². The number of hydrogen-bond donors (Lipinski definition) is 2. The first-order valence-electron chi connectivity index (χ1n) is 9.30. The number of hydrogen-bond acceptors (Lipinski definition) is 4. The van der Waals surface area contributed by atoms with Gasteiger partial charge in [0.15, 0.2) is 0 Å². The maximum absolute atomic E-state index is 12.6. The lowest BCUT2D eigenvalue weighted by molar-refractivity contribution is 0.142. The largest absolute Gasteiger partial charge is 0.497 e. The number of carbonyl (C=O) groups is 1. The van der Waals surface area contributed by atoms with Crippen molar-refractivity contribution in [2.75, 3.05) is 25.6 Å². The van der Waals surface area contributed by atoms with Crippen LogP contribution in [-0.4, -0.2) is 42.3 Å². The molecule has 2 aromatic carbocycles. The molecule has 1 atom stereocenters. The Morgan fingerprint density at radius 1 is 1.11 bits per heavy atom. The molecule has 1 unspecified atom stereocenters. The molecular formula is C21H26N2O4. The van der Waals surface area contributed by atoms with Crippen LogP contribution in [0.5, 0.6) is 17.2 Å². The predicted octanol–water partition coefficient (Wildman–Crippen LogP) is 4.26. The van der Waals surface area contributed by atoms with Crippen LogP contribution in [0.25, 0.3) is 0 Å². The highest BCUT2D eigenvalue weighted by Gasteiger charge is 2.24. The van der Waals surface area contributed by atoms with Crippen LogP contribution in [0.1, 0.15) is 25.7 Å². The molecule has 0 bridgehead atoms. The van der Waals surface area contributed by atoms with Gasteiger partial charge >= 0.3 is 6.03 Å². The third kappa shape index (κ3) is 5.14. The van der Waals surface area contributed by atoms with E-state index in [1.807, 2.05) is 24.3 Å². The van der Waals surface area contributed by atoms with Crippen molar-refractivity contribution in [2.24, 2.45) is 0 Å². The summed E-state index contributed by atoms with van der Waals surface area (Å²) in [4.78, 5) is 14.3. The average Bonchev–Trinajstić information content (AvgIpc) is 2.95. The van der Waals surface area contributed by atoms with Crippen LogP contribution in [0.3, 0.4) is 0 Å².